The summed E-state index contributed by atoms with van der Waals surface area (Å²) in [4.78, 5) is 26.1. The molecule has 1 aliphatic heterocycles. The number of halogens is 1. The number of hydrogen-bond donors (Lipinski definition) is 3. The lowest BCUT2D eigenvalue weighted by atomic mass is 10.1. The van der Waals surface area contributed by atoms with E-state index in [0.29, 0.717) is 37.3 Å². The number of nitrogen functional groups attached to an aromatic ring is 1. The average Bonchev–Trinajstić information content (AvgIpc) is 3.04. The Hall–Kier alpha value is -2.73. The number of fused-ring (bicyclic) bond motifs is 1. The molecule has 3 amide bonds. The number of urea groups is 1. The maximum Gasteiger partial charge on any atom is 0.321 e. The van der Waals surface area contributed by atoms with E-state index in [-0.39, 0.29) is 24.3 Å². The highest BCUT2D eigenvalue weighted by atomic mass is 35.5. The van der Waals surface area contributed by atoms with Crippen molar-refractivity contribution in [3.63, 3.8) is 0 Å². The van der Waals surface area contributed by atoms with Crippen LogP contribution in [0.3, 0.4) is 0 Å². The van der Waals surface area contributed by atoms with E-state index in [1.54, 1.807) is 4.90 Å². The van der Waals surface area contributed by atoms with Crippen molar-refractivity contribution in [2.45, 2.75) is 26.2 Å². The van der Waals surface area contributed by atoms with Gasteiger partial charge in [-0.05, 0) is 49.1 Å². The van der Waals surface area contributed by atoms with Crippen LogP contribution in [-0.4, -0.2) is 25.0 Å². The number of amides is 3. The van der Waals surface area contributed by atoms with Crippen LogP contribution in [0, 0.1) is 0 Å². The molecule has 144 valence electrons. The van der Waals surface area contributed by atoms with Gasteiger partial charge in [0.2, 0.25) is 5.91 Å². The van der Waals surface area contributed by atoms with Crippen LogP contribution < -0.4 is 21.3 Å². The first-order valence-electron chi connectivity index (χ1n) is 8.90. The Morgan fingerprint density at radius 1 is 1.19 bits per heavy atom. The van der Waals surface area contributed by atoms with Crippen molar-refractivity contribution in [1.82, 2.24) is 5.32 Å². The quantitative estimate of drug-likeness (QED) is 0.686. The zero-order chi connectivity index (χ0) is 18.5. The van der Waals surface area contributed by atoms with E-state index in [2.05, 4.69) is 10.6 Å². The number of nitrogens with one attached hydrogen (secondary N) is 2. The second-order valence-electron chi connectivity index (χ2n) is 6.33. The van der Waals surface area contributed by atoms with Gasteiger partial charge in [0, 0.05) is 30.9 Å². The topological polar surface area (TPSA) is 87.5 Å². The van der Waals surface area contributed by atoms with Crippen molar-refractivity contribution in [3.05, 3.63) is 53.6 Å². The van der Waals surface area contributed by atoms with Crippen LogP contribution in [0.5, 0.6) is 0 Å². The lowest BCUT2D eigenvalue weighted by molar-refractivity contribution is -0.116. The molecule has 0 spiro atoms. The first kappa shape index (κ1) is 20.6. The molecule has 0 unspecified atom stereocenters. The van der Waals surface area contributed by atoms with E-state index in [4.69, 9.17) is 5.73 Å². The van der Waals surface area contributed by atoms with E-state index < -0.39 is 0 Å². The molecule has 1 heterocycles. The van der Waals surface area contributed by atoms with E-state index >= 15 is 0 Å². The number of nitrogens with zero attached hydrogens (tertiary/aromatic N) is 1. The first-order valence-corrected chi connectivity index (χ1v) is 8.90. The SMILES string of the molecule is CCNC(=O)N1CCc2ccc(NC(=O)CCc3ccccc3N)cc21.Cl. The van der Waals surface area contributed by atoms with Crippen molar-refractivity contribution < 1.29 is 9.59 Å². The molecule has 0 fully saturated rings. The smallest absolute Gasteiger partial charge is 0.321 e. The Kier molecular flexibility index (Phi) is 7.07. The summed E-state index contributed by atoms with van der Waals surface area (Å²) in [6.07, 6.45) is 1.77. The summed E-state index contributed by atoms with van der Waals surface area (Å²) in [5.74, 6) is -0.0734. The molecular weight excluding hydrogens is 364 g/mol. The van der Waals surface area contributed by atoms with Gasteiger partial charge in [-0.2, -0.15) is 0 Å². The summed E-state index contributed by atoms with van der Waals surface area (Å²) in [7, 11) is 0. The number of anilines is 3. The maximum absolute atomic E-state index is 12.3. The number of carbonyl (C=O) groups excluding carboxylic acids is 2. The van der Waals surface area contributed by atoms with E-state index in [0.717, 1.165) is 23.2 Å². The molecule has 0 aliphatic carbocycles. The van der Waals surface area contributed by atoms with Crippen molar-refractivity contribution in [2.24, 2.45) is 0 Å². The Morgan fingerprint density at radius 3 is 2.70 bits per heavy atom. The predicted molar refractivity (Wildman–Crippen MR) is 112 cm³/mol. The fraction of sp³-hybridized carbons (Fsp3) is 0.300. The minimum atomic E-state index is -0.103. The van der Waals surface area contributed by atoms with Crippen LogP contribution in [0.4, 0.5) is 21.9 Å². The zero-order valence-electron chi connectivity index (χ0n) is 15.3. The van der Waals surface area contributed by atoms with Gasteiger partial charge >= 0.3 is 6.03 Å². The number of aryl methyl sites for hydroxylation is 1. The summed E-state index contributed by atoms with van der Waals surface area (Å²) in [6.45, 7) is 3.14. The molecule has 6 nitrogen and oxygen atoms in total. The number of nitrogens with two attached hydrogens (primary N) is 1. The van der Waals surface area contributed by atoms with Crippen molar-refractivity contribution in [2.75, 3.05) is 29.0 Å². The van der Waals surface area contributed by atoms with Gasteiger partial charge in [0.25, 0.3) is 0 Å². The Balaban J connectivity index is 0.00000261. The molecule has 27 heavy (non-hydrogen) atoms. The van der Waals surface area contributed by atoms with Crippen molar-refractivity contribution >= 4 is 41.4 Å². The van der Waals surface area contributed by atoms with E-state index in [1.165, 1.54) is 0 Å². The van der Waals surface area contributed by atoms with Crippen molar-refractivity contribution in [1.29, 1.82) is 0 Å². The molecular formula is C20H25ClN4O2. The third-order valence-electron chi connectivity index (χ3n) is 4.51. The van der Waals surface area contributed by atoms with E-state index in [9.17, 15) is 9.59 Å². The molecule has 0 saturated heterocycles. The molecule has 0 atom stereocenters. The van der Waals surface area contributed by atoms with Crippen LogP contribution in [0.2, 0.25) is 0 Å². The molecule has 4 N–H and O–H groups in total. The fourth-order valence-electron chi connectivity index (χ4n) is 3.15. The van der Waals surface area contributed by atoms with Gasteiger partial charge in [-0.3, -0.25) is 9.69 Å². The third kappa shape index (κ3) is 4.92. The highest BCUT2D eigenvalue weighted by Crippen LogP contribution is 2.31. The second-order valence-corrected chi connectivity index (χ2v) is 6.33. The molecule has 2 aromatic carbocycles. The van der Waals surface area contributed by atoms with Gasteiger partial charge < -0.3 is 16.4 Å². The standard InChI is InChI=1S/C20H24N4O2.ClH/c1-2-22-20(26)24-12-11-15-7-9-16(13-18(15)24)23-19(25)10-8-14-5-3-4-6-17(14)21;/h3-7,9,13H,2,8,10-12,21H2,1H3,(H,22,26)(H,23,25);1H. The first-order chi connectivity index (χ1) is 12.6. The number of para-hydroxylation sites is 1. The van der Waals surface area contributed by atoms with Gasteiger partial charge in [0.15, 0.2) is 0 Å². The summed E-state index contributed by atoms with van der Waals surface area (Å²) in [6, 6.07) is 13.2. The maximum atomic E-state index is 12.3. The normalized spacial score (nSPS) is 12.1. The Bertz CT molecular complexity index is 825. The second kappa shape index (κ2) is 9.28. The largest absolute Gasteiger partial charge is 0.399 e. The van der Waals surface area contributed by atoms with Gasteiger partial charge in [-0.15, -0.1) is 12.4 Å². The number of rotatable bonds is 5. The zero-order valence-corrected chi connectivity index (χ0v) is 16.1. The fourth-order valence-corrected chi connectivity index (χ4v) is 3.15. The molecule has 0 bridgehead atoms. The molecule has 7 heteroatoms. The van der Waals surface area contributed by atoms with Crippen LogP contribution in [0.25, 0.3) is 0 Å². The van der Waals surface area contributed by atoms with Crippen LogP contribution in [0.1, 0.15) is 24.5 Å². The molecule has 0 saturated carbocycles. The minimum absolute atomic E-state index is 0. The van der Waals surface area contributed by atoms with Crippen LogP contribution in [-0.2, 0) is 17.6 Å². The van der Waals surface area contributed by atoms with Gasteiger partial charge in [0.1, 0.15) is 0 Å². The summed E-state index contributed by atoms with van der Waals surface area (Å²) in [5.41, 5.74) is 10.3. The van der Waals surface area contributed by atoms with Crippen LogP contribution >= 0.6 is 12.4 Å². The summed E-state index contributed by atoms with van der Waals surface area (Å²) in [5, 5.41) is 5.73. The predicted octanol–water partition coefficient (Wildman–Crippen LogP) is 3.35. The summed E-state index contributed by atoms with van der Waals surface area (Å²) < 4.78 is 0. The highest BCUT2D eigenvalue weighted by Gasteiger charge is 2.24. The minimum Gasteiger partial charge on any atom is -0.399 e. The third-order valence-corrected chi connectivity index (χ3v) is 4.51. The molecule has 0 radical (unpaired) electrons. The number of hydrogen-bond acceptors (Lipinski definition) is 3. The Labute approximate surface area is 165 Å². The average molecular weight is 389 g/mol. The lowest BCUT2D eigenvalue weighted by Crippen LogP contribution is -2.38. The number of carbonyl (C=O) groups is 2. The van der Waals surface area contributed by atoms with Crippen LogP contribution in [0.15, 0.2) is 42.5 Å². The molecule has 0 aromatic heterocycles. The van der Waals surface area contributed by atoms with Crippen molar-refractivity contribution in [3.8, 4) is 0 Å². The summed E-state index contributed by atoms with van der Waals surface area (Å²) >= 11 is 0. The van der Waals surface area contributed by atoms with Gasteiger partial charge in [-0.25, -0.2) is 4.79 Å². The molecule has 3 rings (SSSR count). The highest BCUT2D eigenvalue weighted by molar-refractivity contribution is 5.96. The molecule has 1 aliphatic rings. The van der Waals surface area contributed by atoms with Gasteiger partial charge in [-0.1, -0.05) is 24.3 Å². The van der Waals surface area contributed by atoms with E-state index in [1.807, 2.05) is 49.4 Å². The number of benzene rings is 2. The lowest BCUT2D eigenvalue weighted by Gasteiger charge is -2.18. The Morgan fingerprint density at radius 2 is 1.96 bits per heavy atom. The monoisotopic (exact) mass is 388 g/mol. The van der Waals surface area contributed by atoms with Gasteiger partial charge in [0.05, 0.1) is 5.69 Å². The molecule has 2 aromatic rings.